The molecular formula is C11H6BrIN2O3S. The van der Waals surface area contributed by atoms with E-state index in [9.17, 15) is 14.9 Å². The van der Waals surface area contributed by atoms with Crippen molar-refractivity contribution in [2.24, 2.45) is 0 Å². The number of benzene rings is 1. The van der Waals surface area contributed by atoms with Crippen molar-refractivity contribution in [1.29, 1.82) is 0 Å². The maximum atomic E-state index is 11.9. The first kappa shape index (κ1) is 14.4. The van der Waals surface area contributed by atoms with E-state index in [0.717, 1.165) is 19.4 Å². The minimum atomic E-state index is -0.512. The monoisotopic (exact) mass is 452 g/mol. The number of anilines is 1. The Kier molecular flexibility index (Phi) is 4.53. The maximum Gasteiger partial charge on any atom is 0.324 e. The van der Waals surface area contributed by atoms with E-state index in [4.69, 9.17) is 0 Å². The molecule has 8 heteroatoms. The van der Waals surface area contributed by atoms with E-state index in [1.165, 1.54) is 12.1 Å². The number of carbonyl (C=O) groups excluding carboxylic acids is 1. The summed E-state index contributed by atoms with van der Waals surface area (Å²) in [6, 6.07) is 8.26. The van der Waals surface area contributed by atoms with Crippen molar-refractivity contribution in [3.05, 3.63) is 53.4 Å². The number of rotatable bonds is 3. The van der Waals surface area contributed by atoms with Gasteiger partial charge in [0, 0.05) is 14.1 Å². The Labute approximate surface area is 134 Å². The van der Waals surface area contributed by atoms with Gasteiger partial charge in [0.15, 0.2) is 0 Å². The minimum absolute atomic E-state index is 0.0492. The smallest absolute Gasteiger partial charge is 0.320 e. The second kappa shape index (κ2) is 5.97. The van der Waals surface area contributed by atoms with Gasteiger partial charge in [0.25, 0.3) is 5.91 Å². The Bertz CT molecular complexity index is 659. The highest BCUT2D eigenvalue weighted by Gasteiger charge is 2.16. The van der Waals surface area contributed by atoms with Crippen LogP contribution >= 0.6 is 49.9 Å². The largest absolute Gasteiger partial charge is 0.324 e. The van der Waals surface area contributed by atoms with Crippen LogP contribution in [0, 0.1) is 13.7 Å². The SMILES string of the molecule is O=C(Nc1ccc(I)cc1Br)c1ccc([N+](=O)[O-])s1. The Balaban J connectivity index is 2.18. The molecule has 2 aromatic rings. The van der Waals surface area contributed by atoms with Crippen molar-refractivity contribution in [2.75, 3.05) is 5.32 Å². The van der Waals surface area contributed by atoms with Crippen LogP contribution in [0.4, 0.5) is 10.7 Å². The number of halogens is 2. The molecule has 1 amide bonds. The lowest BCUT2D eigenvalue weighted by molar-refractivity contribution is -0.380. The van der Waals surface area contributed by atoms with Crippen LogP contribution in [0.5, 0.6) is 0 Å². The third-order valence-corrected chi connectivity index (χ3v) is 4.54. The van der Waals surface area contributed by atoms with Crippen molar-refractivity contribution in [2.45, 2.75) is 0 Å². The molecule has 1 N–H and O–H groups in total. The number of thiophene rings is 1. The standard InChI is InChI=1S/C11H6BrIN2O3S/c12-7-5-6(13)1-2-8(7)14-11(16)9-3-4-10(19-9)15(17)18/h1-5H,(H,14,16). The lowest BCUT2D eigenvalue weighted by Gasteiger charge is -2.06. The van der Waals surface area contributed by atoms with Crippen molar-refractivity contribution in [3.8, 4) is 0 Å². The van der Waals surface area contributed by atoms with Gasteiger partial charge in [-0.15, -0.1) is 0 Å². The molecule has 0 unspecified atom stereocenters. The average Bonchev–Trinajstić information content (AvgIpc) is 2.82. The van der Waals surface area contributed by atoms with Gasteiger partial charge in [-0.3, -0.25) is 14.9 Å². The summed E-state index contributed by atoms with van der Waals surface area (Å²) in [7, 11) is 0. The summed E-state index contributed by atoms with van der Waals surface area (Å²) in [6.45, 7) is 0. The van der Waals surface area contributed by atoms with Crippen LogP contribution in [0.25, 0.3) is 0 Å². The molecule has 0 atom stereocenters. The number of hydrogen-bond acceptors (Lipinski definition) is 4. The normalized spacial score (nSPS) is 10.2. The first-order chi connectivity index (χ1) is 8.97. The average molecular weight is 453 g/mol. The van der Waals surface area contributed by atoms with Gasteiger partial charge < -0.3 is 5.32 Å². The molecule has 0 radical (unpaired) electrons. The molecule has 0 spiro atoms. The van der Waals surface area contributed by atoms with Gasteiger partial charge in [0.1, 0.15) is 0 Å². The Morgan fingerprint density at radius 2 is 2.11 bits per heavy atom. The third kappa shape index (κ3) is 3.51. The molecule has 2 rings (SSSR count). The molecule has 0 aliphatic heterocycles. The van der Waals surface area contributed by atoms with Crippen LogP contribution in [0.2, 0.25) is 0 Å². The molecule has 0 saturated carbocycles. The van der Waals surface area contributed by atoms with E-state index in [2.05, 4.69) is 43.8 Å². The van der Waals surface area contributed by atoms with Gasteiger partial charge in [-0.25, -0.2) is 0 Å². The highest BCUT2D eigenvalue weighted by molar-refractivity contribution is 14.1. The van der Waals surface area contributed by atoms with Crippen molar-refractivity contribution < 1.29 is 9.72 Å². The van der Waals surface area contributed by atoms with E-state index in [0.29, 0.717) is 10.6 Å². The minimum Gasteiger partial charge on any atom is -0.320 e. The zero-order chi connectivity index (χ0) is 14.0. The summed E-state index contributed by atoms with van der Waals surface area (Å²) in [6.07, 6.45) is 0. The summed E-state index contributed by atoms with van der Waals surface area (Å²) in [5.74, 6) is -0.361. The fraction of sp³-hybridized carbons (Fsp3) is 0. The quantitative estimate of drug-likeness (QED) is 0.429. The number of nitrogens with one attached hydrogen (secondary N) is 1. The molecule has 5 nitrogen and oxygen atoms in total. The van der Waals surface area contributed by atoms with Crippen molar-refractivity contribution in [3.63, 3.8) is 0 Å². The fourth-order valence-electron chi connectivity index (χ4n) is 1.32. The van der Waals surface area contributed by atoms with E-state index >= 15 is 0 Å². The summed E-state index contributed by atoms with van der Waals surface area (Å²) >= 11 is 6.36. The van der Waals surface area contributed by atoms with Crippen LogP contribution in [-0.4, -0.2) is 10.8 Å². The number of nitro groups is 1. The zero-order valence-electron chi connectivity index (χ0n) is 9.22. The third-order valence-electron chi connectivity index (χ3n) is 2.17. The number of carbonyl (C=O) groups is 1. The van der Waals surface area contributed by atoms with E-state index < -0.39 is 4.92 Å². The highest BCUT2D eigenvalue weighted by Crippen LogP contribution is 2.27. The Morgan fingerprint density at radius 3 is 2.68 bits per heavy atom. The molecular weight excluding hydrogens is 447 g/mol. The number of nitrogens with zero attached hydrogens (tertiary/aromatic N) is 1. The summed E-state index contributed by atoms with van der Waals surface area (Å²) in [5.41, 5.74) is 0.626. The Morgan fingerprint density at radius 1 is 1.37 bits per heavy atom. The summed E-state index contributed by atoms with van der Waals surface area (Å²) in [4.78, 5) is 22.3. The summed E-state index contributed by atoms with van der Waals surface area (Å²) in [5, 5.41) is 13.2. The second-order valence-corrected chi connectivity index (χ2v) is 6.64. The van der Waals surface area contributed by atoms with Crippen LogP contribution in [0.15, 0.2) is 34.8 Å². The molecule has 0 aliphatic carbocycles. The maximum absolute atomic E-state index is 11.9. The predicted molar refractivity (Wildman–Crippen MR) is 85.8 cm³/mol. The zero-order valence-corrected chi connectivity index (χ0v) is 13.8. The van der Waals surface area contributed by atoms with Crippen LogP contribution in [-0.2, 0) is 0 Å². The molecule has 98 valence electrons. The fourth-order valence-corrected chi connectivity index (χ4v) is 3.44. The molecule has 1 aromatic heterocycles. The number of hydrogen-bond donors (Lipinski definition) is 1. The van der Waals surface area contributed by atoms with Crippen LogP contribution in [0.3, 0.4) is 0 Å². The predicted octanol–water partition coefficient (Wildman–Crippen LogP) is 4.28. The van der Waals surface area contributed by atoms with Gasteiger partial charge in [0.05, 0.1) is 15.5 Å². The molecule has 0 saturated heterocycles. The second-order valence-electron chi connectivity index (χ2n) is 3.47. The summed E-state index contributed by atoms with van der Waals surface area (Å²) < 4.78 is 1.80. The first-order valence-electron chi connectivity index (χ1n) is 4.98. The van der Waals surface area contributed by atoms with Crippen molar-refractivity contribution >= 4 is 66.5 Å². The van der Waals surface area contributed by atoms with Gasteiger partial charge >= 0.3 is 5.00 Å². The Hall–Kier alpha value is -1.00. The topological polar surface area (TPSA) is 72.2 Å². The van der Waals surface area contributed by atoms with Crippen LogP contribution in [0.1, 0.15) is 9.67 Å². The van der Waals surface area contributed by atoms with Gasteiger partial charge in [-0.1, -0.05) is 11.3 Å². The molecule has 19 heavy (non-hydrogen) atoms. The highest BCUT2D eigenvalue weighted by atomic mass is 127. The van der Waals surface area contributed by atoms with Gasteiger partial charge in [-0.05, 0) is 62.8 Å². The molecule has 0 fully saturated rings. The molecule has 0 bridgehead atoms. The lowest BCUT2D eigenvalue weighted by Crippen LogP contribution is -2.10. The molecule has 1 heterocycles. The van der Waals surface area contributed by atoms with Crippen molar-refractivity contribution in [1.82, 2.24) is 0 Å². The van der Waals surface area contributed by atoms with Gasteiger partial charge in [0.2, 0.25) is 0 Å². The van der Waals surface area contributed by atoms with Gasteiger partial charge in [-0.2, -0.15) is 0 Å². The first-order valence-corrected chi connectivity index (χ1v) is 7.67. The van der Waals surface area contributed by atoms with E-state index in [-0.39, 0.29) is 10.9 Å². The lowest BCUT2D eigenvalue weighted by atomic mass is 10.3. The molecule has 0 aliphatic rings. The van der Waals surface area contributed by atoms with Crippen LogP contribution < -0.4 is 5.32 Å². The van der Waals surface area contributed by atoms with E-state index in [1.807, 2.05) is 12.1 Å². The number of amides is 1. The molecule has 1 aromatic carbocycles. The van der Waals surface area contributed by atoms with E-state index in [1.54, 1.807) is 6.07 Å².